The molecule has 1 aliphatic rings. The normalized spacial score (nSPS) is 14.3. The third-order valence-corrected chi connectivity index (χ3v) is 3.85. The summed E-state index contributed by atoms with van der Waals surface area (Å²) in [5, 5.41) is 3.01. The smallest absolute Gasteiger partial charge is 0.238 e. The first-order chi connectivity index (χ1) is 10.6. The number of nitrogens with zero attached hydrogens (tertiary/aromatic N) is 1. The van der Waals surface area contributed by atoms with Gasteiger partial charge in [-0.25, -0.2) is 0 Å². The van der Waals surface area contributed by atoms with Crippen molar-refractivity contribution in [2.24, 2.45) is 0 Å². The molecule has 2 aromatic rings. The summed E-state index contributed by atoms with van der Waals surface area (Å²) < 4.78 is 5.40. The third kappa shape index (κ3) is 3.98. The minimum Gasteiger partial charge on any atom is -0.468 e. The van der Waals surface area contributed by atoms with E-state index in [4.69, 9.17) is 4.42 Å². The van der Waals surface area contributed by atoms with Gasteiger partial charge in [-0.1, -0.05) is 6.07 Å². The van der Waals surface area contributed by atoms with Crippen molar-refractivity contribution in [2.75, 3.05) is 11.9 Å². The number of benzene rings is 1. The van der Waals surface area contributed by atoms with Gasteiger partial charge in [0.05, 0.1) is 19.4 Å². The molecule has 1 aromatic carbocycles. The molecule has 0 unspecified atom stereocenters. The molecule has 1 N–H and O–H groups in total. The van der Waals surface area contributed by atoms with Gasteiger partial charge in [0.2, 0.25) is 5.91 Å². The first-order valence-corrected chi connectivity index (χ1v) is 7.75. The highest BCUT2D eigenvalue weighted by Gasteiger charge is 2.30. The van der Waals surface area contributed by atoms with Crippen LogP contribution in [0.2, 0.25) is 0 Å². The molecule has 0 spiro atoms. The summed E-state index contributed by atoms with van der Waals surface area (Å²) in [4.78, 5) is 14.5. The monoisotopic (exact) mass is 298 g/mol. The maximum absolute atomic E-state index is 12.3. The molecule has 1 aliphatic carbocycles. The Labute approximate surface area is 131 Å². The molecular formula is C18H22N2O2. The lowest BCUT2D eigenvalue weighted by Crippen LogP contribution is -2.34. The molecular weight excluding hydrogens is 276 g/mol. The molecule has 1 aromatic heterocycles. The summed E-state index contributed by atoms with van der Waals surface area (Å²) in [6.45, 7) is 5.17. The zero-order valence-corrected chi connectivity index (χ0v) is 13.1. The fourth-order valence-electron chi connectivity index (χ4n) is 2.79. The summed E-state index contributed by atoms with van der Waals surface area (Å²) in [7, 11) is 0. The van der Waals surface area contributed by atoms with Crippen molar-refractivity contribution in [2.45, 2.75) is 39.3 Å². The van der Waals surface area contributed by atoms with Gasteiger partial charge in [0.1, 0.15) is 5.76 Å². The largest absolute Gasteiger partial charge is 0.468 e. The number of hydrogen-bond donors (Lipinski definition) is 1. The maximum atomic E-state index is 12.3. The van der Waals surface area contributed by atoms with Gasteiger partial charge in [-0.2, -0.15) is 0 Å². The molecule has 0 saturated heterocycles. The van der Waals surface area contributed by atoms with Crippen LogP contribution in [0.3, 0.4) is 0 Å². The third-order valence-electron chi connectivity index (χ3n) is 3.85. The number of carbonyl (C=O) groups excluding carboxylic acids is 1. The summed E-state index contributed by atoms with van der Waals surface area (Å²) in [6, 6.07) is 10.4. The summed E-state index contributed by atoms with van der Waals surface area (Å²) >= 11 is 0. The second kappa shape index (κ2) is 6.36. The number of aryl methyl sites for hydroxylation is 2. The first-order valence-electron chi connectivity index (χ1n) is 7.75. The Morgan fingerprint density at radius 3 is 2.59 bits per heavy atom. The van der Waals surface area contributed by atoms with E-state index in [9.17, 15) is 4.79 Å². The van der Waals surface area contributed by atoms with Crippen LogP contribution in [0.25, 0.3) is 0 Å². The van der Waals surface area contributed by atoms with Crippen LogP contribution >= 0.6 is 0 Å². The highest BCUT2D eigenvalue weighted by atomic mass is 16.3. The minimum absolute atomic E-state index is 0.0310. The number of hydrogen-bond acceptors (Lipinski definition) is 3. The van der Waals surface area contributed by atoms with Crippen molar-refractivity contribution in [1.82, 2.24) is 4.90 Å². The lowest BCUT2D eigenvalue weighted by Gasteiger charge is -2.20. The molecule has 0 atom stereocenters. The van der Waals surface area contributed by atoms with Gasteiger partial charge in [0, 0.05) is 11.7 Å². The van der Waals surface area contributed by atoms with E-state index in [-0.39, 0.29) is 5.91 Å². The molecule has 0 aliphatic heterocycles. The number of amides is 1. The van der Waals surface area contributed by atoms with Crippen molar-refractivity contribution in [3.05, 3.63) is 53.5 Å². The number of rotatable bonds is 6. The Morgan fingerprint density at radius 2 is 2.00 bits per heavy atom. The Kier molecular flexibility index (Phi) is 4.29. The zero-order chi connectivity index (χ0) is 15.5. The molecule has 1 fully saturated rings. The van der Waals surface area contributed by atoms with Crippen LogP contribution in [0.4, 0.5) is 5.69 Å². The molecule has 1 saturated carbocycles. The van der Waals surface area contributed by atoms with Gasteiger partial charge in [0.15, 0.2) is 0 Å². The molecule has 1 heterocycles. The predicted molar refractivity (Wildman–Crippen MR) is 86.7 cm³/mol. The number of nitrogens with one attached hydrogen (secondary N) is 1. The van der Waals surface area contributed by atoms with E-state index in [2.05, 4.69) is 16.3 Å². The van der Waals surface area contributed by atoms with Crippen molar-refractivity contribution in [1.29, 1.82) is 0 Å². The van der Waals surface area contributed by atoms with E-state index in [0.717, 1.165) is 35.4 Å². The molecule has 4 heteroatoms. The topological polar surface area (TPSA) is 45.5 Å². The van der Waals surface area contributed by atoms with Gasteiger partial charge in [-0.15, -0.1) is 0 Å². The highest BCUT2D eigenvalue weighted by molar-refractivity contribution is 5.92. The van der Waals surface area contributed by atoms with Crippen LogP contribution < -0.4 is 5.32 Å². The Balaban J connectivity index is 1.61. The number of carbonyl (C=O) groups is 1. The molecule has 116 valence electrons. The van der Waals surface area contributed by atoms with Gasteiger partial charge >= 0.3 is 0 Å². The van der Waals surface area contributed by atoms with Gasteiger partial charge in [-0.3, -0.25) is 9.69 Å². The quantitative estimate of drug-likeness (QED) is 0.888. The predicted octanol–water partition coefficient (Wildman–Crippen LogP) is 3.50. The van der Waals surface area contributed by atoms with E-state index in [1.165, 1.54) is 0 Å². The SMILES string of the molecule is Cc1cc(C)cc(NC(=O)CN(Cc2ccco2)C2CC2)c1. The van der Waals surface area contributed by atoms with Gasteiger partial charge < -0.3 is 9.73 Å². The molecule has 3 rings (SSSR count). The first kappa shape index (κ1) is 14.9. The van der Waals surface area contributed by atoms with Crippen molar-refractivity contribution >= 4 is 11.6 Å². The molecule has 0 radical (unpaired) electrons. The fraction of sp³-hybridized carbons (Fsp3) is 0.389. The van der Waals surface area contributed by atoms with Crippen LogP contribution in [0.5, 0.6) is 0 Å². The van der Waals surface area contributed by atoms with Gasteiger partial charge in [-0.05, 0) is 62.1 Å². The average Bonchev–Trinajstić information content (AvgIpc) is 3.15. The van der Waals surface area contributed by atoms with Crippen molar-refractivity contribution in [3.63, 3.8) is 0 Å². The summed E-state index contributed by atoms with van der Waals surface area (Å²) in [5.74, 6) is 0.939. The highest BCUT2D eigenvalue weighted by Crippen LogP contribution is 2.28. The van der Waals surface area contributed by atoms with Crippen LogP contribution in [0.1, 0.15) is 29.7 Å². The second-order valence-corrected chi connectivity index (χ2v) is 6.14. The maximum Gasteiger partial charge on any atom is 0.238 e. The van der Waals surface area contributed by atoms with Crippen LogP contribution in [0.15, 0.2) is 41.0 Å². The van der Waals surface area contributed by atoms with Crippen molar-refractivity contribution in [3.8, 4) is 0 Å². The van der Waals surface area contributed by atoms with E-state index in [0.29, 0.717) is 19.1 Å². The van der Waals surface area contributed by atoms with Gasteiger partial charge in [0.25, 0.3) is 0 Å². The van der Waals surface area contributed by atoms with E-state index in [1.54, 1.807) is 6.26 Å². The summed E-state index contributed by atoms with van der Waals surface area (Å²) in [5.41, 5.74) is 3.19. The molecule has 0 bridgehead atoms. The van der Waals surface area contributed by atoms with E-state index < -0.39 is 0 Å². The van der Waals surface area contributed by atoms with Crippen LogP contribution in [-0.4, -0.2) is 23.4 Å². The van der Waals surface area contributed by atoms with E-state index >= 15 is 0 Å². The lowest BCUT2D eigenvalue weighted by molar-refractivity contribution is -0.117. The zero-order valence-electron chi connectivity index (χ0n) is 13.1. The van der Waals surface area contributed by atoms with Crippen molar-refractivity contribution < 1.29 is 9.21 Å². The second-order valence-electron chi connectivity index (χ2n) is 6.14. The molecule has 4 nitrogen and oxygen atoms in total. The fourth-order valence-corrected chi connectivity index (χ4v) is 2.79. The number of anilines is 1. The molecule has 22 heavy (non-hydrogen) atoms. The standard InChI is InChI=1S/C18H22N2O2/c1-13-8-14(2)10-15(9-13)19-18(21)12-20(16-5-6-16)11-17-4-3-7-22-17/h3-4,7-10,16H,5-6,11-12H2,1-2H3,(H,19,21). The van der Waals surface area contributed by atoms with Crippen LogP contribution in [0, 0.1) is 13.8 Å². The number of furan rings is 1. The Hall–Kier alpha value is -2.07. The average molecular weight is 298 g/mol. The van der Waals surface area contributed by atoms with E-state index in [1.807, 2.05) is 38.1 Å². The Morgan fingerprint density at radius 1 is 1.27 bits per heavy atom. The summed E-state index contributed by atoms with van der Waals surface area (Å²) in [6.07, 6.45) is 4.01. The minimum atomic E-state index is 0.0310. The molecule has 1 amide bonds. The Bertz CT molecular complexity index is 625. The lowest BCUT2D eigenvalue weighted by atomic mass is 10.1. The van der Waals surface area contributed by atoms with Crippen LogP contribution in [-0.2, 0) is 11.3 Å².